The van der Waals surface area contributed by atoms with Crippen molar-refractivity contribution in [2.45, 2.75) is 31.7 Å². The minimum absolute atomic E-state index is 0.0249. The summed E-state index contributed by atoms with van der Waals surface area (Å²) in [5, 5.41) is 10.4. The van der Waals surface area contributed by atoms with Crippen molar-refractivity contribution < 1.29 is 4.79 Å². The predicted octanol–water partition coefficient (Wildman–Crippen LogP) is 4.02. The zero-order chi connectivity index (χ0) is 14.4. The molecule has 104 valence electrons. The van der Waals surface area contributed by atoms with Crippen molar-refractivity contribution in [2.75, 3.05) is 5.33 Å². The molecule has 4 heteroatoms. The van der Waals surface area contributed by atoms with E-state index >= 15 is 0 Å². The van der Waals surface area contributed by atoms with E-state index < -0.39 is 6.04 Å². The Morgan fingerprint density at radius 2 is 2.10 bits per heavy atom. The minimum atomic E-state index is -0.500. The molecular formula is C16H17BrN2O. The standard InChI is InChI=1S/C16H17BrN2O/c17-10-5-1-2-8-16(20)19-11-9-13-6-3-4-7-14(13)15(19)12-18/h3-4,6-7,9,11,15H,1-2,5,8,10H2. The first kappa shape index (κ1) is 14.8. The van der Waals surface area contributed by atoms with Gasteiger partial charge in [0.05, 0.1) is 6.07 Å². The number of halogens is 1. The van der Waals surface area contributed by atoms with Crippen molar-refractivity contribution >= 4 is 27.9 Å². The molecule has 0 spiro atoms. The molecule has 1 unspecified atom stereocenters. The van der Waals surface area contributed by atoms with Crippen LogP contribution < -0.4 is 0 Å². The molecule has 0 saturated carbocycles. The number of unbranched alkanes of at least 4 members (excludes halogenated alkanes) is 2. The van der Waals surface area contributed by atoms with E-state index in [1.165, 1.54) is 0 Å². The maximum absolute atomic E-state index is 12.3. The number of fused-ring (bicyclic) bond motifs is 1. The third-order valence-corrected chi connectivity index (χ3v) is 3.98. The topological polar surface area (TPSA) is 44.1 Å². The van der Waals surface area contributed by atoms with Crippen LogP contribution in [0.5, 0.6) is 0 Å². The zero-order valence-corrected chi connectivity index (χ0v) is 12.8. The fourth-order valence-corrected chi connectivity index (χ4v) is 2.74. The molecule has 0 bridgehead atoms. The molecule has 3 nitrogen and oxygen atoms in total. The molecule has 1 heterocycles. The van der Waals surface area contributed by atoms with Crippen LogP contribution in [0.1, 0.15) is 42.9 Å². The first-order valence-corrected chi connectivity index (χ1v) is 7.94. The Morgan fingerprint density at radius 3 is 2.85 bits per heavy atom. The number of alkyl halides is 1. The van der Waals surface area contributed by atoms with E-state index in [9.17, 15) is 10.1 Å². The van der Waals surface area contributed by atoms with Gasteiger partial charge in [-0.3, -0.25) is 9.69 Å². The number of amides is 1. The van der Waals surface area contributed by atoms with E-state index in [0.29, 0.717) is 6.42 Å². The van der Waals surface area contributed by atoms with Gasteiger partial charge in [-0.25, -0.2) is 0 Å². The Kier molecular flexibility index (Phi) is 5.37. The Morgan fingerprint density at radius 1 is 1.30 bits per heavy atom. The number of nitriles is 1. The third-order valence-electron chi connectivity index (χ3n) is 3.42. The number of hydrogen-bond acceptors (Lipinski definition) is 2. The van der Waals surface area contributed by atoms with Gasteiger partial charge in [-0.05, 0) is 30.0 Å². The molecule has 1 aliphatic heterocycles. The van der Waals surface area contributed by atoms with E-state index in [1.807, 2.05) is 30.3 Å². The van der Waals surface area contributed by atoms with E-state index in [0.717, 1.165) is 35.7 Å². The van der Waals surface area contributed by atoms with Gasteiger partial charge >= 0.3 is 0 Å². The van der Waals surface area contributed by atoms with Gasteiger partial charge in [0.2, 0.25) is 5.91 Å². The van der Waals surface area contributed by atoms with Crippen LogP contribution in [-0.2, 0) is 4.79 Å². The normalized spacial score (nSPS) is 16.6. The molecule has 0 radical (unpaired) electrons. The molecule has 1 aromatic carbocycles. The summed E-state index contributed by atoms with van der Waals surface area (Å²) in [4.78, 5) is 13.8. The summed E-state index contributed by atoms with van der Waals surface area (Å²) in [5.41, 5.74) is 1.92. The van der Waals surface area contributed by atoms with E-state index in [-0.39, 0.29) is 5.91 Å². The smallest absolute Gasteiger partial charge is 0.227 e. The lowest BCUT2D eigenvalue weighted by Gasteiger charge is -2.28. The van der Waals surface area contributed by atoms with Gasteiger partial charge in [-0.15, -0.1) is 0 Å². The highest BCUT2D eigenvalue weighted by atomic mass is 79.9. The fourth-order valence-electron chi connectivity index (χ4n) is 2.34. The maximum Gasteiger partial charge on any atom is 0.227 e. The van der Waals surface area contributed by atoms with Crippen molar-refractivity contribution in [2.24, 2.45) is 0 Å². The van der Waals surface area contributed by atoms with Gasteiger partial charge < -0.3 is 0 Å². The van der Waals surface area contributed by atoms with Crippen LogP contribution in [0.2, 0.25) is 0 Å². The second-order valence-corrected chi connectivity index (χ2v) is 5.57. The SMILES string of the molecule is N#CC1c2ccccc2C=CN1C(=O)CCCCCBr. The van der Waals surface area contributed by atoms with Crippen LogP contribution >= 0.6 is 15.9 Å². The molecule has 0 fully saturated rings. The zero-order valence-electron chi connectivity index (χ0n) is 11.3. The number of rotatable bonds is 5. The summed E-state index contributed by atoms with van der Waals surface area (Å²) in [6.07, 6.45) is 7.12. The average Bonchev–Trinajstić information content (AvgIpc) is 2.50. The molecule has 0 N–H and O–H groups in total. The minimum Gasteiger partial charge on any atom is -0.298 e. The molecular weight excluding hydrogens is 316 g/mol. The van der Waals surface area contributed by atoms with E-state index in [1.54, 1.807) is 11.1 Å². The summed E-state index contributed by atoms with van der Waals surface area (Å²) < 4.78 is 0. The molecule has 20 heavy (non-hydrogen) atoms. The monoisotopic (exact) mass is 332 g/mol. The van der Waals surface area contributed by atoms with Crippen LogP contribution in [0.25, 0.3) is 6.08 Å². The molecule has 1 aliphatic rings. The van der Waals surface area contributed by atoms with Crippen molar-refractivity contribution in [3.05, 3.63) is 41.6 Å². The average molecular weight is 333 g/mol. The lowest BCUT2D eigenvalue weighted by molar-refractivity contribution is -0.129. The maximum atomic E-state index is 12.3. The van der Waals surface area contributed by atoms with Crippen LogP contribution in [0.3, 0.4) is 0 Å². The van der Waals surface area contributed by atoms with Crippen LogP contribution in [0.15, 0.2) is 30.5 Å². The highest BCUT2D eigenvalue weighted by Crippen LogP contribution is 2.30. The molecule has 1 amide bonds. The van der Waals surface area contributed by atoms with Crippen molar-refractivity contribution in [1.29, 1.82) is 5.26 Å². The Hall–Kier alpha value is -1.60. The first-order chi connectivity index (χ1) is 9.77. The van der Waals surface area contributed by atoms with Gasteiger partial charge in [0.1, 0.15) is 6.04 Å². The van der Waals surface area contributed by atoms with Crippen LogP contribution in [0, 0.1) is 11.3 Å². The van der Waals surface area contributed by atoms with E-state index in [2.05, 4.69) is 22.0 Å². The summed E-state index contributed by atoms with van der Waals surface area (Å²) in [7, 11) is 0. The predicted molar refractivity (Wildman–Crippen MR) is 82.9 cm³/mol. The molecule has 1 atom stereocenters. The number of carbonyl (C=O) groups excluding carboxylic acids is 1. The number of nitrogens with zero attached hydrogens (tertiary/aromatic N) is 2. The van der Waals surface area contributed by atoms with E-state index in [4.69, 9.17) is 0 Å². The summed E-state index contributed by atoms with van der Waals surface area (Å²) in [5.74, 6) is 0.0249. The number of hydrogen-bond donors (Lipinski definition) is 0. The van der Waals surface area contributed by atoms with Gasteiger partial charge in [0, 0.05) is 18.0 Å². The first-order valence-electron chi connectivity index (χ1n) is 6.82. The fraction of sp³-hybridized carbons (Fsp3) is 0.375. The molecule has 0 aliphatic carbocycles. The summed E-state index contributed by atoms with van der Waals surface area (Å²) in [6, 6.07) is 9.46. The second-order valence-electron chi connectivity index (χ2n) is 4.78. The quantitative estimate of drug-likeness (QED) is 0.603. The van der Waals surface area contributed by atoms with Crippen molar-refractivity contribution in [3.8, 4) is 6.07 Å². The Bertz CT molecular complexity index is 548. The third kappa shape index (κ3) is 3.29. The van der Waals surface area contributed by atoms with Crippen LogP contribution in [-0.4, -0.2) is 16.1 Å². The summed E-state index contributed by atoms with van der Waals surface area (Å²) >= 11 is 3.38. The molecule has 0 saturated heterocycles. The highest BCUT2D eigenvalue weighted by Gasteiger charge is 2.27. The largest absolute Gasteiger partial charge is 0.298 e. The molecule has 1 aromatic rings. The van der Waals surface area contributed by atoms with Crippen LogP contribution in [0.4, 0.5) is 0 Å². The molecule has 2 rings (SSSR count). The second kappa shape index (κ2) is 7.25. The summed E-state index contributed by atoms with van der Waals surface area (Å²) in [6.45, 7) is 0. The number of carbonyl (C=O) groups is 1. The lowest BCUT2D eigenvalue weighted by Crippen LogP contribution is -2.31. The Balaban J connectivity index is 2.06. The Labute approximate surface area is 128 Å². The van der Waals surface area contributed by atoms with Gasteiger partial charge in [-0.2, -0.15) is 5.26 Å². The number of benzene rings is 1. The van der Waals surface area contributed by atoms with Gasteiger partial charge in [0.15, 0.2) is 0 Å². The van der Waals surface area contributed by atoms with Gasteiger partial charge in [0.25, 0.3) is 0 Å². The highest BCUT2D eigenvalue weighted by molar-refractivity contribution is 9.09. The lowest BCUT2D eigenvalue weighted by atomic mass is 9.96. The van der Waals surface area contributed by atoms with Crippen molar-refractivity contribution in [1.82, 2.24) is 4.90 Å². The molecule has 0 aromatic heterocycles. The van der Waals surface area contributed by atoms with Crippen molar-refractivity contribution in [3.63, 3.8) is 0 Å². The van der Waals surface area contributed by atoms with Gasteiger partial charge in [-0.1, -0.05) is 46.6 Å².